The van der Waals surface area contributed by atoms with E-state index in [1.165, 1.54) is 11.3 Å². The molecular weight excluding hydrogens is 456 g/mol. The van der Waals surface area contributed by atoms with Crippen molar-refractivity contribution in [3.8, 4) is 5.69 Å². The van der Waals surface area contributed by atoms with Crippen molar-refractivity contribution in [2.75, 3.05) is 18.0 Å². The third kappa shape index (κ3) is 4.38. The molecule has 2 aromatic carbocycles. The van der Waals surface area contributed by atoms with Crippen molar-refractivity contribution >= 4 is 45.0 Å². The van der Waals surface area contributed by atoms with Crippen LogP contribution in [0.4, 0.5) is 5.95 Å². The average molecular weight is 479 g/mol. The van der Waals surface area contributed by atoms with Gasteiger partial charge in [0.15, 0.2) is 0 Å². The number of hydrogen-bond acceptors (Lipinski definition) is 5. The number of amides is 1. The molecule has 1 amide bonds. The van der Waals surface area contributed by atoms with Gasteiger partial charge in [-0.15, -0.1) is 11.3 Å². The maximum absolute atomic E-state index is 13.3. The van der Waals surface area contributed by atoms with Crippen LogP contribution in [0.2, 0.25) is 5.02 Å². The van der Waals surface area contributed by atoms with E-state index in [0.717, 1.165) is 11.3 Å². The topological polar surface area (TPSA) is 67.2 Å². The van der Waals surface area contributed by atoms with Gasteiger partial charge in [-0.1, -0.05) is 48.0 Å². The quantitative estimate of drug-likeness (QED) is 0.454. The predicted octanol–water partition coefficient (Wildman–Crippen LogP) is 4.63. The summed E-state index contributed by atoms with van der Waals surface area (Å²) < 4.78 is 2.34. The maximum atomic E-state index is 13.3. The number of para-hydroxylation sites is 1. The van der Waals surface area contributed by atoms with Crippen molar-refractivity contribution in [2.45, 2.75) is 19.4 Å². The molecule has 1 fully saturated rings. The highest BCUT2D eigenvalue weighted by Gasteiger charge is 2.28. The maximum Gasteiger partial charge on any atom is 0.277 e. The van der Waals surface area contributed by atoms with E-state index in [1.807, 2.05) is 66.0 Å². The van der Waals surface area contributed by atoms with Crippen LogP contribution in [0.5, 0.6) is 0 Å². The molecule has 2 aromatic heterocycles. The smallest absolute Gasteiger partial charge is 0.277 e. The Morgan fingerprint density at radius 2 is 1.79 bits per heavy atom. The minimum Gasteiger partial charge on any atom is -0.352 e. The molecule has 1 aliphatic rings. The lowest BCUT2D eigenvalue weighted by Crippen LogP contribution is -2.42. The number of aromatic nitrogens is 2. The number of carbonyl (C=O) groups is 1. The lowest BCUT2D eigenvalue weighted by molar-refractivity contribution is -0.125. The third-order valence-corrected chi connectivity index (χ3v) is 7.30. The molecule has 0 aliphatic carbocycles. The average Bonchev–Trinajstić information content (AvgIpc) is 3.33. The largest absolute Gasteiger partial charge is 0.352 e. The molecule has 0 spiro atoms. The van der Waals surface area contributed by atoms with E-state index in [1.54, 1.807) is 4.57 Å². The van der Waals surface area contributed by atoms with Crippen LogP contribution >= 0.6 is 22.9 Å². The minimum absolute atomic E-state index is 0.0382. The van der Waals surface area contributed by atoms with Gasteiger partial charge >= 0.3 is 0 Å². The lowest BCUT2D eigenvalue weighted by atomic mass is 9.96. The summed E-state index contributed by atoms with van der Waals surface area (Å²) in [5.74, 6) is 0.591. The number of fused-ring (bicyclic) bond motifs is 1. The number of rotatable bonds is 5. The van der Waals surface area contributed by atoms with E-state index in [4.69, 9.17) is 16.6 Å². The summed E-state index contributed by atoms with van der Waals surface area (Å²) in [5.41, 5.74) is 2.35. The van der Waals surface area contributed by atoms with Crippen LogP contribution in [0.25, 0.3) is 15.9 Å². The fourth-order valence-electron chi connectivity index (χ4n) is 4.23. The molecule has 5 rings (SSSR count). The molecule has 0 unspecified atom stereocenters. The van der Waals surface area contributed by atoms with E-state index < -0.39 is 0 Å². The zero-order chi connectivity index (χ0) is 22.8. The molecule has 168 valence electrons. The number of anilines is 1. The molecule has 1 aliphatic heterocycles. The Hall–Kier alpha value is -3.16. The van der Waals surface area contributed by atoms with Crippen molar-refractivity contribution in [3.05, 3.63) is 87.0 Å². The summed E-state index contributed by atoms with van der Waals surface area (Å²) in [6.07, 6.45) is 1.39. The van der Waals surface area contributed by atoms with Gasteiger partial charge in [-0.3, -0.25) is 9.59 Å². The first kappa shape index (κ1) is 21.7. The fourth-order valence-corrected chi connectivity index (χ4v) is 5.19. The second kappa shape index (κ2) is 9.37. The molecule has 8 heteroatoms. The first-order valence-corrected chi connectivity index (χ1v) is 12.2. The summed E-state index contributed by atoms with van der Waals surface area (Å²) in [6.45, 7) is 1.72. The van der Waals surface area contributed by atoms with Crippen molar-refractivity contribution < 1.29 is 4.79 Å². The molecule has 0 bridgehead atoms. The van der Waals surface area contributed by atoms with E-state index in [0.29, 0.717) is 53.7 Å². The second-order valence-electron chi connectivity index (χ2n) is 8.09. The van der Waals surface area contributed by atoms with Gasteiger partial charge in [-0.05, 0) is 48.1 Å². The number of nitrogens with zero attached hydrogens (tertiary/aromatic N) is 3. The highest BCUT2D eigenvalue weighted by molar-refractivity contribution is 7.17. The Balaban J connectivity index is 1.34. The lowest BCUT2D eigenvalue weighted by Gasteiger charge is -2.33. The molecule has 6 nitrogen and oxygen atoms in total. The van der Waals surface area contributed by atoms with Gasteiger partial charge in [-0.2, -0.15) is 0 Å². The van der Waals surface area contributed by atoms with Crippen molar-refractivity contribution in [2.24, 2.45) is 5.92 Å². The van der Waals surface area contributed by atoms with Gasteiger partial charge in [0.1, 0.15) is 4.70 Å². The highest BCUT2D eigenvalue weighted by atomic mass is 35.5. The summed E-state index contributed by atoms with van der Waals surface area (Å²) in [7, 11) is 0. The van der Waals surface area contributed by atoms with E-state index in [9.17, 15) is 9.59 Å². The van der Waals surface area contributed by atoms with Gasteiger partial charge < -0.3 is 10.2 Å². The second-order valence-corrected chi connectivity index (χ2v) is 9.42. The Bertz CT molecular complexity index is 1340. The number of thiophene rings is 1. The van der Waals surface area contributed by atoms with E-state index in [-0.39, 0.29) is 17.4 Å². The van der Waals surface area contributed by atoms with Crippen LogP contribution in [0.3, 0.4) is 0 Å². The van der Waals surface area contributed by atoms with E-state index in [2.05, 4.69) is 10.2 Å². The zero-order valence-corrected chi connectivity index (χ0v) is 19.5. The number of halogens is 1. The molecule has 1 saturated heterocycles. The van der Waals surface area contributed by atoms with Crippen LogP contribution in [0, 0.1) is 5.92 Å². The number of nitrogens with one attached hydrogen (secondary N) is 1. The molecule has 0 radical (unpaired) electrons. The van der Waals surface area contributed by atoms with Crippen LogP contribution in [-0.2, 0) is 11.3 Å². The third-order valence-electron chi connectivity index (χ3n) is 6.04. The first-order chi connectivity index (χ1) is 16.1. The molecule has 0 atom stereocenters. The predicted molar refractivity (Wildman–Crippen MR) is 133 cm³/mol. The van der Waals surface area contributed by atoms with Crippen LogP contribution < -0.4 is 15.8 Å². The molecule has 0 saturated carbocycles. The number of hydrogen-bond donors (Lipinski definition) is 1. The van der Waals surface area contributed by atoms with Crippen molar-refractivity contribution in [3.63, 3.8) is 0 Å². The minimum atomic E-state index is -0.0782. The Morgan fingerprint density at radius 3 is 2.55 bits per heavy atom. The SMILES string of the molecule is O=C(NCc1ccccc1Cl)C1CCN(c2nc3ccsc3c(=O)n2-c2ccccc2)CC1. The molecule has 33 heavy (non-hydrogen) atoms. The molecular formula is C25H23ClN4O2S. The van der Waals surface area contributed by atoms with Crippen molar-refractivity contribution in [1.29, 1.82) is 0 Å². The molecule has 4 aromatic rings. The van der Waals surface area contributed by atoms with Gasteiger partial charge in [0.2, 0.25) is 11.9 Å². The van der Waals surface area contributed by atoms with Gasteiger partial charge in [0.05, 0.1) is 11.2 Å². The Kier molecular flexibility index (Phi) is 6.15. The van der Waals surface area contributed by atoms with Gasteiger partial charge in [-0.25, -0.2) is 9.55 Å². The van der Waals surface area contributed by atoms with Crippen LogP contribution in [0.15, 0.2) is 70.8 Å². The standard InChI is InChI=1S/C25H23ClN4O2S/c26-20-9-5-4-6-18(20)16-27-23(31)17-10-13-29(14-11-17)25-28-21-12-15-33-22(21)24(32)30(25)19-7-2-1-3-8-19/h1-9,12,15,17H,10-11,13-14,16H2,(H,27,31). The highest BCUT2D eigenvalue weighted by Crippen LogP contribution is 2.26. The van der Waals surface area contributed by atoms with E-state index >= 15 is 0 Å². The molecule has 3 heterocycles. The van der Waals surface area contributed by atoms with Crippen molar-refractivity contribution in [1.82, 2.24) is 14.9 Å². The monoisotopic (exact) mass is 478 g/mol. The Morgan fingerprint density at radius 1 is 1.06 bits per heavy atom. The number of carbonyl (C=O) groups excluding carboxylic acids is 1. The van der Waals surface area contributed by atoms with Gasteiger partial charge in [0, 0.05) is 30.6 Å². The number of benzene rings is 2. The zero-order valence-electron chi connectivity index (χ0n) is 17.9. The first-order valence-electron chi connectivity index (χ1n) is 10.9. The van der Waals surface area contributed by atoms with Gasteiger partial charge in [0.25, 0.3) is 5.56 Å². The summed E-state index contributed by atoms with van der Waals surface area (Å²) in [6, 6.07) is 19.0. The van der Waals surface area contributed by atoms with Crippen LogP contribution in [0.1, 0.15) is 18.4 Å². The molecule has 1 N–H and O–H groups in total. The summed E-state index contributed by atoms with van der Waals surface area (Å²) >= 11 is 7.61. The summed E-state index contributed by atoms with van der Waals surface area (Å²) in [4.78, 5) is 33.0. The normalized spacial score (nSPS) is 14.5. The fraction of sp³-hybridized carbons (Fsp3) is 0.240. The summed E-state index contributed by atoms with van der Waals surface area (Å²) in [5, 5.41) is 5.57. The van der Waals surface area contributed by atoms with Crippen LogP contribution in [-0.4, -0.2) is 28.5 Å². The Labute approximate surface area is 200 Å². The number of piperidine rings is 1.